The molecule has 0 atom stereocenters. The summed E-state index contributed by atoms with van der Waals surface area (Å²) in [6.45, 7) is 6.22. The maximum absolute atomic E-state index is 4.95. The van der Waals surface area contributed by atoms with Gasteiger partial charge < -0.3 is 0 Å². The predicted octanol–water partition coefficient (Wildman–Crippen LogP) is 6.12. The van der Waals surface area contributed by atoms with E-state index in [4.69, 9.17) is 40.4 Å². The van der Waals surface area contributed by atoms with Crippen molar-refractivity contribution < 1.29 is 9.20 Å². The molecular formula is C12H16Cl4FeN. The van der Waals surface area contributed by atoms with Crippen molar-refractivity contribution in [3.63, 3.8) is 0 Å². The van der Waals surface area contributed by atoms with Crippen molar-refractivity contribution in [1.82, 2.24) is 0 Å². The van der Waals surface area contributed by atoms with Gasteiger partial charge in [-0.05, 0) is 5.56 Å². The fourth-order valence-corrected chi connectivity index (χ4v) is 0.964. The summed E-state index contributed by atoms with van der Waals surface area (Å²) in [5.41, 5.74) is 1.25. The molecule has 0 spiro atoms. The molecule has 0 unspecified atom stereocenters. The monoisotopic (exact) mass is 370 g/mol. The quantitative estimate of drug-likeness (QED) is 0.524. The van der Waals surface area contributed by atoms with E-state index in [-0.39, 0.29) is 5.54 Å². The minimum absolute atomic E-state index is 0.00518. The molecule has 0 aliphatic heterocycles. The van der Waals surface area contributed by atoms with Crippen molar-refractivity contribution in [3.8, 4) is 6.07 Å². The molecule has 0 N–H and O–H groups in total. The molecule has 0 saturated carbocycles. The molecule has 0 amide bonds. The summed E-state index contributed by atoms with van der Waals surface area (Å²) < 4.78 is 0. The summed E-state index contributed by atoms with van der Waals surface area (Å²) in [7, 11) is 17.2. The van der Waals surface area contributed by atoms with Crippen LogP contribution in [0.3, 0.4) is 0 Å². The molecule has 0 aliphatic carbocycles. The first-order chi connectivity index (χ1) is 8.08. The summed E-state index contributed by atoms with van der Waals surface area (Å²) in [5, 5.41) is 0. The van der Waals surface area contributed by atoms with Gasteiger partial charge in [0.25, 0.3) is 11.6 Å². The SMILES string of the molecule is CC(C)(C)[N+]#CCc1ccccc1.[Cl][Fe-]([Cl])([Cl])[Cl]. The summed E-state index contributed by atoms with van der Waals surface area (Å²) >= 11 is 0. The van der Waals surface area contributed by atoms with Gasteiger partial charge >= 0.3 is 49.6 Å². The van der Waals surface area contributed by atoms with Crippen LogP contribution in [0.2, 0.25) is 0 Å². The molecule has 1 nitrogen and oxygen atoms in total. The number of hydrogen-bond donors (Lipinski definition) is 0. The Balaban J connectivity index is 0.000000494. The number of halogens is 4. The average molecular weight is 372 g/mol. The third-order valence-corrected chi connectivity index (χ3v) is 1.54. The molecule has 0 aromatic heterocycles. The molecular weight excluding hydrogens is 356 g/mol. The second-order valence-corrected chi connectivity index (χ2v) is 15.3. The van der Waals surface area contributed by atoms with Gasteiger partial charge in [-0.15, -0.1) is 0 Å². The zero-order valence-electron chi connectivity index (χ0n) is 10.4. The molecule has 1 aromatic rings. The van der Waals surface area contributed by atoms with Crippen molar-refractivity contribution >= 4 is 40.4 Å². The Morgan fingerprint density at radius 2 is 1.50 bits per heavy atom. The van der Waals surface area contributed by atoms with Gasteiger partial charge in [0.05, 0.1) is 0 Å². The van der Waals surface area contributed by atoms with Crippen LogP contribution in [0.4, 0.5) is 0 Å². The van der Waals surface area contributed by atoms with Crippen LogP contribution in [0.1, 0.15) is 26.3 Å². The van der Waals surface area contributed by atoms with Crippen LogP contribution in [-0.4, -0.2) is 5.54 Å². The topological polar surface area (TPSA) is 4.36 Å². The number of rotatable bonds is 1. The second-order valence-electron chi connectivity index (χ2n) is 4.41. The van der Waals surface area contributed by atoms with E-state index in [0.29, 0.717) is 0 Å². The number of hydrogen-bond acceptors (Lipinski definition) is 0. The van der Waals surface area contributed by atoms with Gasteiger partial charge in [0.1, 0.15) is 6.42 Å². The van der Waals surface area contributed by atoms with E-state index in [9.17, 15) is 0 Å². The number of nitrogens with zero attached hydrogens (tertiary/aromatic N) is 1. The van der Waals surface area contributed by atoms with Gasteiger partial charge in [0.2, 0.25) is 0 Å². The summed E-state index contributed by atoms with van der Waals surface area (Å²) in [5.74, 6) is 0. The van der Waals surface area contributed by atoms with Crippen LogP contribution >= 0.6 is 40.4 Å². The molecule has 6 heteroatoms. The molecule has 0 radical (unpaired) electrons. The molecule has 0 aliphatic rings. The Morgan fingerprint density at radius 3 is 1.89 bits per heavy atom. The van der Waals surface area contributed by atoms with Crippen molar-refractivity contribution in [2.75, 3.05) is 0 Å². The Bertz CT molecular complexity index is 392. The standard InChI is InChI=1S/C12H16N.4ClH.Fe/c1-12(2,3)13-10-9-11-7-5-4-6-8-11;;;;;/h4-8H,9H2,1-3H3;4*1H;/q+1;;;;;+3/p-4. The molecule has 18 heavy (non-hydrogen) atoms. The summed E-state index contributed by atoms with van der Waals surface area (Å²) in [6.07, 6.45) is 0.804. The second kappa shape index (κ2) is 8.54. The van der Waals surface area contributed by atoms with Gasteiger partial charge in [-0.3, -0.25) is 0 Å². The first-order valence-electron chi connectivity index (χ1n) is 5.10. The molecule has 1 aromatic carbocycles. The zero-order chi connectivity index (χ0) is 14.2. The average Bonchev–Trinajstić information content (AvgIpc) is 2.14. The van der Waals surface area contributed by atoms with Crippen molar-refractivity contribution in [1.29, 1.82) is 0 Å². The van der Waals surface area contributed by atoms with E-state index in [2.05, 4.69) is 43.8 Å². The fourth-order valence-electron chi connectivity index (χ4n) is 0.964. The van der Waals surface area contributed by atoms with Crippen molar-refractivity contribution in [2.24, 2.45) is 0 Å². The number of benzene rings is 1. The Labute approximate surface area is 128 Å². The van der Waals surface area contributed by atoms with E-state index in [1.165, 1.54) is 5.56 Å². The van der Waals surface area contributed by atoms with Crippen molar-refractivity contribution in [3.05, 3.63) is 40.7 Å². The van der Waals surface area contributed by atoms with Crippen LogP contribution in [-0.2, 0) is 15.6 Å². The van der Waals surface area contributed by atoms with E-state index in [1.54, 1.807) is 0 Å². The molecule has 0 heterocycles. The Morgan fingerprint density at radius 1 is 1.06 bits per heavy atom. The van der Waals surface area contributed by atoms with E-state index in [1.807, 2.05) is 18.2 Å². The molecule has 0 fully saturated rings. The normalized spacial score (nSPS) is 11.7. The molecule has 1 rings (SSSR count). The van der Waals surface area contributed by atoms with Crippen LogP contribution in [0.5, 0.6) is 0 Å². The zero-order valence-corrected chi connectivity index (χ0v) is 14.5. The molecule has 105 valence electrons. The first kappa shape index (κ1) is 18.4. The van der Waals surface area contributed by atoms with E-state index in [0.717, 1.165) is 6.42 Å². The van der Waals surface area contributed by atoms with Crippen molar-refractivity contribution in [2.45, 2.75) is 32.7 Å². The van der Waals surface area contributed by atoms with Gasteiger partial charge in [-0.25, -0.2) is 0 Å². The third kappa shape index (κ3) is 16.4. The van der Waals surface area contributed by atoms with Crippen LogP contribution in [0.15, 0.2) is 30.3 Å². The Hall–Kier alpha value is 0.389. The predicted molar refractivity (Wildman–Crippen MR) is 80.6 cm³/mol. The Kier molecular flexibility index (Phi) is 8.72. The van der Waals surface area contributed by atoms with Gasteiger partial charge in [-0.2, -0.15) is 0 Å². The van der Waals surface area contributed by atoms with Crippen LogP contribution < -0.4 is 0 Å². The first-order valence-corrected chi connectivity index (χ1v) is 11.2. The molecule has 0 bridgehead atoms. The minimum atomic E-state index is -2.61. The molecule has 0 saturated heterocycles. The van der Waals surface area contributed by atoms with Gasteiger partial charge in [0.15, 0.2) is 0 Å². The van der Waals surface area contributed by atoms with E-state index >= 15 is 0 Å². The van der Waals surface area contributed by atoms with Crippen LogP contribution in [0.25, 0.3) is 4.85 Å². The van der Waals surface area contributed by atoms with E-state index < -0.39 is 9.20 Å². The van der Waals surface area contributed by atoms with Gasteiger partial charge in [0, 0.05) is 20.8 Å². The van der Waals surface area contributed by atoms with Crippen LogP contribution in [0, 0.1) is 6.07 Å². The summed E-state index contributed by atoms with van der Waals surface area (Å²) in [4.78, 5) is 4.30. The fraction of sp³-hybridized carbons (Fsp3) is 0.417. The maximum atomic E-state index is 4.95. The third-order valence-electron chi connectivity index (χ3n) is 1.54. The summed E-state index contributed by atoms with van der Waals surface area (Å²) in [6, 6.07) is 13.3. The van der Waals surface area contributed by atoms with Gasteiger partial charge in [-0.1, -0.05) is 35.2 Å².